The molecule has 1 aromatic rings. The van der Waals surface area contributed by atoms with Crippen molar-refractivity contribution in [1.29, 1.82) is 0 Å². The fraction of sp³-hybridized carbons (Fsp3) is 0.444. The minimum Gasteiger partial charge on any atom is -0.805 e. The third-order valence-corrected chi connectivity index (χ3v) is 2.40. The van der Waals surface area contributed by atoms with Crippen LogP contribution in [0.15, 0.2) is 18.3 Å². The summed E-state index contributed by atoms with van der Waals surface area (Å²) < 4.78 is 21.4. The summed E-state index contributed by atoms with van der Waals surface area (Å²) in [7, 11) is -2.47. The smallest absolute Gasteiger partial charge is 0.238 e. The van der Waals surface area contributed by atoms with Gasteiger partial charge in [0, 0.05) is 0 Å². The van der Waals surface area contributed by atoms with Crippen molar-refractivity contribution in [2.24, 2.45) is 5.92 Å². The van der Waals surface area contributed by atoms with Crippen molar-refractivity contribution in [2.75, 3.05) is 0 Å². The molecule has 0 aliphatic heterocycles. The molecule has 0 atom stereocenters. The van der Waals surface area contributed by atoms with Crippen molar-refractivity contribution < 1.29 is 8.42 Å². The molecule has 1 heterocycles. The van der Waals surface area contributed by atoms with Gasteiger partial charge in [-0.25, -0.2) is 0 Å². The van der Waals surface area contributed by atoms with E-state index in [0.29, 0.717) is 10.6 Å². The molecule has 14 heavy (non-hydrogen) atoms. The lowest BCUT2D eigenvalue weighted by Gasteiger charge is -2.11. The highest BCUT2D eigenvalue weighted by Gasteiger charge is 1.97. The first-order chi connectivity index (χ1) is 6.50. The Morgan fingerprint density at radius 3 is 2.64 bits per heavy atom. The normalized spacial score (nSPS) is 10.5. The Kier molecular flexibility index (Phi) is 3.35. The van der Waals surface area contributed by atoms with Gasteiger partial charge in [-0.2, -0.15) is 8.42 Å². The Hall–Kier alpha value is -1.23. The Labute approximate surface area is 83.9 Å². The van der Waals surface area contributed by atoms with Crippen LogP contribution in [0.3, 0.4) is 0 Å². The Bertz CT molecular complexity index is 477. The van der Waals surface area contributed by atoms with Crippen molar-refractivity contribution >= 4 is 10.3 Å². The first-order valence-electron chi connectivity index (χ1n) is 4.32. The molecule has 0 spiro atoms. The van der Waals surface area contributed by atoms with Crippen LogP contribution in [0.1, 0.15) is 19.4 Å². The zero-order chi connectivity index (χ0) is 10.7. The molecular formula is C9H12NO3S-. The zero-order valence-electron chi connectivity index (χ0n) is 8.10. The molecule has 5 heteroatoms. The average molecular weight is 214 g/mol. The van der Waals surface area contributed by atoms with E-state index in [-0.39, 0.29) is 4.64 Å². The fourth-order valence-corrected chi connectivity index (χ4v) is 1.68. The van der Waals surface area contributed by atoms with Crippen LogP contribution in [0.25, 0.3) is 0 Å². The minimum atomic E-state index is -2.47. The minimum absolute atomic E-state index is 0.219. The van der Waals surface area contributed by atoms with Crippen LogP contribution < -0.4 is 0 Å². The molecule has 78 valence electrons. The van der Waals surface area contributed by atoms with Gasteiger partial charge in [-0.05, 0) is 36.2 Å². The molecule has 0 aliphatic rings. The van der Waals surface area contributed by atoms with E-state index in [1.54, 1.807) is 6.07 Å². The van der Waals surface area contributed by atoms with Crippen LogP contribution >= 0.6 is 0 Å². The fourth-order valence-electron chi connectivity index (χ4n) is 1.23. The lowest BCUT2D eigenvalue weighted by Crippen LogP contribution is -1.98. The number of pyridine rings is 1. The van der Waals surface area contributed by atoms with E-state index >= 15 is 0 Å². The van der Waals surface area contributed by atoms with Gasteiger partial charge < -0.3 is 9.94 Å². The van der Waals surface area contributed by atoms with Crippen molar-refractivity contribution in [3.05, 3.63) is 33.7 Å². The molecule has 4 nitrogen and oxygen atoms in total. The van der Waals surface area contributed by atoms with Crippen molar-refractivity contribution in [1.82, 2.24) is 4.73 Å². The number of nitrogens with zero attached hydrogens (tertiary/aromatic N) is 1. The second-order valence-corrected chi connectivity index (χ2v) is 4.42. The summed E-state index contributed by atoms with van der Waals surface area (Å²) in [6, 6.07) is 3.06. The van der Waals surface area contributed by atoms with Gasteiger partial charge in [0.1, 0.15) is 0 Å². The SMILES string of the molecule is CC(C)Cc1ccn([O-])c(=S(=O)=O)c1. The van der Waals surface area contributed by atoms with Crippen LogP contribution in [0, 0.1) is 15.8 Å². The van der Waals surface area contributed by atoms with Crippen LogP contribution in [0.2, 0.25) is 0 Å². The van der Waals surface area contributed by atoms with Gasteiger partial charge in [0.2, 0.25) is 10.3 Å². The number of hydrogen-bond donors (Lipinski definition) is 0. The van der Waals surface area contributed by atoms with Crippen LogP contribution in [0.5, 0.6) is 0 Å². The second kappa shape index (κ2) is 4.32. The van der Waals surface area contributed by atoms with Gasteiger partial charge in [0.25, 0.3) is 0 Å². The van der Waals surface area contributed by atoms with Crippen molar-refractivity contribution in [3.8, 4) is 0 Å². The van der Waals surface area contributed by atoms with E-state index in [9.17, 15) is 13.6 Å². The molecule has 0 saturated carbocycles. The molecule has 0 N–H and O–H groups in total. The predicted octanol–water partition coefficient (Wildman–Crippen LogP) is 1.44. The molecular weight excluding hydrogens is 202 g/mol. The quantitative estimate of drug-likeness (QED) is 0.700. The second-order valence-electron chi connectivity index (χ2n) is 3.53. The topological polar surface area (TPSA) is 62.1 Å². The first kappa shape index (κ1) is 10.8. The largest absolute Gasteiger partial charge is 0.805 e. The highest BCUT2D eigenvalue weighted by atomic mass is 32.2. The van der Waals surface area contributed by atoms with Gasteiger partial charge in [-0.1, -0.05) is 13.8 Å². The lowest BCUT2D eigenvalue weighted by atomic mass is 10.0. The molecule has 1 rings (SSSR count). The maximum absolute atomic E-state index is 11.0. The maximum Gasteiger partial charge on any atom is 0.238 e. The summed E-state index contributed by atoms with van der Waals surface area (Å²) in [6.45, 7) is 4.07. The molecule has 0 fully saturated rings. The maximum atomic E-state index is 11.0. The molecule has 0 radical (unpaired) electrons. The monoisotopic (exact) mass is 214 g/mol. The zero-order valence-corrected chi connectivity index (χ0v) is 8.91. The summed E-state index contributed by atoms with van der Waals surface area (Å²) in [6.07, 6.45) is 1.99. The van der Waals surface area contributed by atoms with E-state index in [1.807, 2.05) is 13.8 Å². The number of aromatic nitrogens is 1. The van der Waals surface area contributed by atoms with E-state index in [2.05, 4.69) is 0 Å². The molecule has 0 amide bonds. The summed E-state index contributed by atoms with van der Waals surface area (Å²) >= 11 is 0. The van der Waals surface area contributed by atoms with Gasteiger partial charge in [-0.15, -0.1) is 0 Å². The molecule has 0 aliphatic carbocycles. The Morgan fingerprint density at radius 2 is 2.14 bits per heavy atom. The molecule has 0 unspecified atom stereocenters. The molecule has 0 saturated heterocycles. The van der Waals surface area contributed by atoms with E-state index in [0.717, 1.165) is 12.0 Å². The summed E-state index contributed by atoms with van der Waals surface area (Å²) in [5.74, 6) is 0.436. The van der Waals surface area contributed by atoms with Gasteiger partial charge in [-0.3, -0.25) is 0 Å². The lowest BCUT2D eigenvalue weighted by molar-refractivity contribution is 0.622. The summed E-state index contributed by atoms with van der Waals surface area (Å²) in [5, 5.41) is 11.0. The predicted molar refractivity (Wildman–Crippen MR) is 53.9 cm³/mol. The van der Waals surface area contributed by atoms with Crippen LogP contribution in [-0.2, 0) is 16.7 Å². The van der Waals surface area contributed by atoms with Gasteiger partial charge >= 0.3 is 0 Å². The van der Waals surface area contributed by atoms with E-state index < -0.39 is 10.3 Å². The number of rotatable bonds is 2. The van der Waals surface area contributed by atoms with Gasteiger partial charge in [0.05, 0.1) is 0 Å². The van der Waals surface area contributed by atoms with E-state index in [4.69, 9.17) is 0 Å². The standard InChI is InChI=1S/C9H12NO3S/c1-7(2)5-8-3-4-10(11)9(6-8)14(12)13/h3-4,6-7H,5H2,1-2H3/q-1. The Balaban J connectivity index is 3.29. The third-order valence-electron chi connectivity index (χ3n) is 1.76. The highest BCUT2D eigenvalue weighted by molar-refractivity contribution is 7.63. The molecule has 1 aromatic heterocycles. The summed E-state index contributed by atoms with van der Waals surface area (Å²) in [5.41, 5.74) is 0.867. The van der Waals surface area contributed by atoms with Crippen molar-refractivity contribution in [3.63, 3.8) is 0 Å². The van der Waals surface area contributed by atoms with Gasteiger partial charge in [0.15, 0.2) is 4.64 Å². The van der Waals surface area contributed by atoms with Crippen LogP contribution in [-0.4, -0.2) is 13.1 Å². The highest BCUT2D eigenvalue weighted by Crippen LogP contribution is 2.07. The number of hydrogen-bond acceptors (Lipinski definition) is 3. The third kappa shape index (κ3) is 2.63. The first-order valence-corrected chi connectivity index (χ1v) is 5.39. The van der Waals surface area contributed by atoms with E-state index in [1.165, 1.54) is 12.3 Å². The molecule has 0 bridgehead atoms. The Morgan fingerprint density at radius 1 is 1.50 bits per heavy atom. The molecule has 0 aromatic carbocycles. The van der Waals surface area contributed by atoms with Crippen LogP contribution in [0.4, 0.5) is 0 Å². The van der Waals surface area contributed by atoms with Crippen molar-refractivity contribution in [2.45, 2.75) is 20.3 Å². The summed E-state index contributed by atoms with van der Waals surface area (Å²) in [4.78, 5) is 0. The average Bonchev–Trinajstić information content (AvgIpc) is 2.07.